The van der Waals surface area contributed by atoms with E-state index >= 15 is 0 Å². The molecule has 0 amide bonds. The zero-order chi connectivity index (χ0) is 8.43. The van der Waals surface area contributed by atoms with E-state index in [1.165, 1.54) is 0 Å². The van der Waals surface area contributed by atoms with E-state index in [4.69, 9.17) is 0 Å². The summed E-state index contributed by atoms with van der Waals surface area (Å²) in [5.74, 6) is 0.179. The van der Waals surface area contributed by atoms with Crippen LogP contribution in [0, 0.1) is 13.8 Å². The third-order valence-corrected chi connectivity index (χ3v) is 2.34. The third kappa shape index (κ3) is 2.12. The number of rotatable bonds is 2. The van der Waals surface area contributed by atoms with Crippen molar-refractivity contribution < 1.29 is 4.79 Å². The number of hydrogen-bond acceptors (Lipinski definition) is 3. The van der Waals surface area contributed by atoms with E-state index in [1.54, 1.807) is 18.3 Å². The molecule has 0 radical (unpaired) electrons. The maximum absolute atomic E-state index is 10.7. The molecule has 11 heavy (non-hydrogen) atoms. The van der Waals surface area contributed by atoms with Gasteiger partial charge in [0.15, 0.2) is 0 Å². The van der Waals surface area contributed by atoms with Crippen LogP contribution in [0.3, 0.4) is 0 Å². The molecule has 1 aromatic heterocycles. The minimum absolute atomic E-state index is 0.179. The van der Waals surface area contributed by atoms with Gasteiger partial charge in [-0.15, -0.1) is 11.3 Å². The van der Waals surface area contributed by atoms with Gasteiger partial charge in [0.2, 0.25) is 0 Å². The van der Waals surface area contributed by atoms with Crippen LogP contribution in [0.5, 0.6) is 0 Å². The molecule has 1 aromatic rings. The van der Waals surface area contributed by atoms with Crippen molar-refractivity contribution in [2.75, 3.05) is 0 Å². The Morgan fingerprint density at radius 2 is 2.18 bits per heavy atom. The Morgan fingerprint density at radius 1 is 1.55 bits per heavy atom. The molecule has 2 nitrogen and oxygen atoms in total. The quantitative estimate of drug-likeness (QED) is 0.676. The van der Waals surface area contributed by atoms with Gasteiger partial charge in [0, 0.05) is 11.3 Å². The van der Waals surface area contributed by atoms with Gasteiger partial charge in [-0.3, -0.25) is 4.79 Å². The highest BCUT2D eigenvalue weighted by Gasteiger charge is 2.05. The number of aryl methyl sites for hydroxylation is 2. The number of ketones is 1. The summed E-state index contributed by atoms with van der Waals surface area (Å²) in [6.07, 6.45) is 0.482. The Kier molecular flexibility index (Phi) is 2.39. The predicted molar refractivity (Wildman–Crippen MR) is 46.0 cm³/mol. The van der Waals surface area contributed by atoms with Crippen LogP contribution >= 0.6 is 11.3 Å². The Hall–Kier alpha value is -0.700. The normalized spacial score (nSPS) is 10.1. The van der Waals surface area contributed by atoms with Crippen LogP contribution in [0.2, 0.25) is 0 Å². The molecule has 0 saturated heterocycles. The van der Waals surface area contributed by atoms with Gasteiger partial charge in [0.05, 0.1) is 10.7 Å². The third-order valence-electron chi connectivity index (χ3n) is 1.42. The molecule has 0 N–H and O–H groups in total. The number of thiazole rings is 1. The molecule has 0 aromatic carbocycles. The summed E-state index contributed by atoms with van der Waals surface area (Å²) in [7, 11) is 0. The second kappa shape index (κ2) is 3.13. The van der Waals surface area contributed by atoms with E-state index in [2.05, 4.69) is 4.98 Å². The fourth-order valence-electron chi connectivity index (χ4n) is 0.972. The molecule has 0 spiro atoms. The van der Waals surface area contributed by atoms with E-state index in [1.807, 2.05) is 13.8 Å². The Bertz CT molecular complexity index is 278. The number of Topliss-reactive ketones (excluding diaryl/α,β-unsaturated/α-hetero) is 1. The van der Waals surface area contributed by atoms with Crippen LogP contribution in [-0.2, 0) is 11.2 Å². The minimum atomic E-state index is 0.179. The van der Waals surface area contributed by atoms with Crippen molar-refractivity contribution in [3.63, 3.8) is 0 Å². The minimum Gasteiger partial charge on any atom is -0.300 e. The predicted octanol–water partition coefficient (Wildman–Crippen LogP) is 1.89. The number of aromatic nitrogens is 1. The number of nitrogens with zero attached hydrogens (tertiary/aromatic N) is 1. The Morgan fingerprint density at radius 3 is 2.55 bits per heavy atom. The molecule has 3 heteroatoms. The smallest absolute Gasteiger partial charge is 0.135 e. The summed E-state index contributed by atoms with van der Waals surface area (Å²) < 4.78 is 0. The van der Waals surface area contributed by atoms with Gasteiger partial charge in [-0.05, 0) is 20.8 Å². The van der Waals surface area contributed by atoms with Gasteiger partial charge in [-0.25, -0.2) is 4.98 Å². The molecule has 60 valence electrons. The lowest BCUT2D eigenvalue weighted by molar-refractivity contribution is -0.116. The van der Waals surface area contributed by atoms with Gasteiger partial charge >= 0.3 is 0 Å². The van der Waals surface area contributed by atoms with Crippen molar-refractivity contribution in [3.05, 3.63) is 15.6 Å². The Labute approximate surface area is 70.3 Å². The molecule has 0 aliphatic carbocycles. The largest absolute Gasteiger partial charge is 0.300 e. The summed E-state index contributed by atoms with van der Waals surface area (Å²) in [6.45, 7) is 5.55. The van der Waals surface area contributed by atoms with Crippen molar-refractivity contribution in [3.8, 4) is 0 Å². The molecule has 0 atom stereocenters. The lowest BCUT2D eigenvalue weighted by Gasteiger charge is -1.90. The molecule has 1 rings (SSSR count). The highest BCUT2D eigenvalue weighted by molar-refractivity contribution is 7.11. The van der Waals surface area contributed by atoms with E-state index in [-0.39, 0.29) is 5.78 Å². The maximum Gasteiger partial charge on any atom is 0.135 e. The van der Waals surface area contributed by atoms with Gasteiger partial charge in [0.25, 0.3) is 0 Å². The number of carbonyl (C=O) groups excluding carboxylic acids is 1. The van der Waals surface area contributed by atoms with E-state index in [0.29, 0.717) is 6.42 Å². The van der Waals surface area contributed by atoms with Crippen molar-refractivity contribution in [2.24, 2.45) is 0 Å². The number of hydrogen-bond donors (Lipinski definition) is 0. The summed E-state index contributed by atoms with van der Waals surface area (Å²) in [4.78, 5) is 16.2. The average molecular weight is 169 g/mol. The first-order valence-corrected chi connectivity index (χ1v) is 4.33. The standard InChI is InChI=1S/C8H11NOS/c1-5(10)4-8-6(2)11-7(3)9-8/h4H2,1-3H3. The van der Waals surface area contributed by atoms with E-state index < -0.39 is 0 Å². The molecule has 0 aliphatic rings. The molecule has 0 fully saturated rings. The van der Waals surface area contributed by atoms with Crippen LogP contribution in [0.4, 0.5) is 0 Å². The first kappa shape index (κ1) is 8.40. The zero-order valence-electron chi connectivity index (χ0n) is 6.97. The van der Waals surface area contributed by atoms with Crippen molar-refractivity contribution in [1.29, 1.82) is 0 Å². The molecular weight excluding hydrogens is 158 g/mol. The SMILES string of the molecule is CC(=O)Cc1nc(C)sc1C. The maximum atomic E-state index is 10.7. The van der Waals surface area contributed by atoms with Gasteiger partial charge in [-0.2, -0.15) is 0 Å². The highest BCUT2D eigenvalue weighted by atomic mass is 32.1. The van der Waals surface area contributed by atoms with Gasteiger partial charge in [0.1, 0.15) is 5.78 Å². The van der Waals surface area contributed by atoms with Crippen molar-refractivity contribution in [2.45, 2.75) is 27.2 Å². The lowest BCUT2D eigenvalue weighted by Crippen LogP contribution is -1.97. The van der Waals surface area contributed by atoms with Gasteiger partial charge < -0.3 is 0 Å². The monoisotopic (exact) mass is 169 g/mol. The van der Waals surface area contributed by atoms with E-state index in [9.17, 15) is 4.79 Å². The molecular formula is C8H11NOS. The van der Waals surface area contributed by atoms with Crippen molar-refractivity contribution >= 4 is 17.1 Å². The first-order chi connectivity index (χ1) is 5.09. The molecule has 1 heterocycles. The topological polar surface area (TPSA) is 30.0 Å². The Balaban J connectivity index is 2.85. The lowest BCUT2D eigenvalue weighted by atomic mass is 10.2. The fourth-order valence-corrected chi connectivity index (χ4v) is 1.81. The summed E-state index contributed by atoms with van der Waals surface area (Å²) in [5.41, 5.74) is 0.944. The molecule has 0 unspecified atom stereocenters. The van der Waals surface area contributed by atoms with Crippen LogP contribution in [0.25, 0.3) is 0 Å². The molecule has 0 bridgehead atoms. The molecule has 0 aliphatic heterocycles. The highest BCUT2D eigenvalue weighted by Crippen LogP contribution is 2.16. The average Bonchev–Trinajstić information content (AvgIpc) is 2.09. The summed E-state index contributed by atoms with van der Waals surface area (Å²) >= 11 is 1.65. The van der Waals surface area contributed by atoms with Crippen LogP contribution in [0.1, 0.15) is 22.5 Å². The van der Waals surface area contributed by atoms with Crippen molar-refractivity contribution in [1.82, 2.24) is 4.98 Å². The molecule has 0 saturated carbocycles. The number of carbonyl (C=O) groups is 1. The first-order valence-electron chi connectivity index (χ1n) is 3.52. The van der Waals surface area contributed by atoms with Crippen LogP contribution < -0.4 is 0 Å². The zero-order valence-corrected chi connectivity index (χ0v) is 7.79. The van der Waals surface area contributed by atoms with Crippen LogP contribution in [0.15, 0.2) is 0 Å². The fraction of sp³-hybridized carbons (Fsp3) is 0.500. The van der Waals surface area contributed by atoms with E-state index in [0.717, 1.165) is 15.6 Å². The van der Waals surface area contributed by atoms with Gasteiger partial charge in [-0.1, -0.05) is 0 Å². The summed E-state index contributed by atoms with van der Waals surface area (Å²) in [6, 6.07) is 0. The van der Waals surface area contributed by atoms with Crippen LogP contribution in [-0.4, -0.2) is 10.8 Å². The second-order valence-electron chi connectivity index (χ2n) is 2.61. The summed E-state index contributed by atoms with van der Waals surface area (Å²) in [5, 5.41) is 1.04. The second-order valence-corrected chi connectivity index (χ2v) is 4.02.